The molecule has 0 atom stereocenters. The smallest absolute Gasteiger partial charge is 0.407 e. The largest absolute Gasteiger partial charge is 0.508 e. The quantitative estimate of drug-likeness (QED) is 0.344. The Labute approximate surface area is 230 Å². The van der Waals surface area contributed by atoms with Crippen molar-refractivity contribution in [2.45, 2.75) is 24.8 Å². The SMILES string of the molecule is CN(C)C1CN(c2nc(C3CCN(C(=O)O)CC3)c3cc(Cl)c(-c4cc(O)cc5ccccc45)c(F)c3n2)C1. The van der Waals surface area contributed by atoms with Crippen molar-refractivity contribution in [2.75, 3.05) is 45.2 Å². The van der Waals surface area contributed by atoms with Crippen LogP contribution in [0.3, 0.4) is 0 Å². The summed E-state index contributed by atoms with van der Waals surface area (Å²) in [6, 6.07) is 12.7. The van der Waals surface area contributed by atoms with Crippen molar-refractivity contribution >= 4 is 45.3 Å². The van der Waals surface area contributed by atoms with Gasteiger partial charge in [0.1, 0.15) is 11.3 Å². The van der Waals surface area contributed by atoms with Crippen molar-refractivity contribution in [3.8, 4) is 16.9 Å². The Morgan fingerprint density at radius 1 is 1.08 bits per heavy atom. The number of hydrogen-bond acceptors (Lipinski definition) is 6. The third-order valence-corrected chi connectivity index (χ3v) is 8.34. The second-order valence-electron chi connectivity index (χ2n) is 10.6. The summed E-state index contributed by atoms with van der Waals surface area (Å²) in [5.41, 5.74) is 1.54. The highest BCUT2D eigenvalue weighted by molar-refractivity contribution is 6.34. The predicted octanol–water partition coefficient (Wildman–Crippen LogP) is 5.56. The molecule has 0 radical (unpaired) electrons. The molecular formula is C29H29ClFN5O3. The standard InChI is InChI=1S/C29H29ClFN5O3/c1-34(2)18-14-36(15-18)28-32-26(16-7-9-35(10-8-16)29(38)39)22-13-23(30)24(25(31)27(22)33-28)21-12-19(37)11-17-5-3-4-6-20(17)21/h3-6,11-13,16,18,37H,7-10,14-15H2,1-2H3,(H,38,39). The maximum Gasteiger partial charge on any atom is 0.407 e. The molecule has 6 rings (SSSR count). The molecule has 1 amide bonds. The van der Waals surface area contributed by atoms with Gasteiger partial charge >= 0.3 is 6.09 Å². The first-order valence-corrected chi connectivity index (χ1v) is 13.4. The predicted molar refractivity (Wildman–Crippen MR) is 150 cm³/mol. The number of likely N-dealkylation sites (tertiary alicyclic amines) is 1. The van der Waals surface area contributed by atoms with Gasteiger partial charge in [-0.25, -0.2) is 19.2 Å². The second kappa shape index (κ2) is 9.81. The number of rotatable bonds is 4. The molecule has 39 heavy (non-hydrogen) atoms. The van der Waals surface area contributed by atoms with E-state index in [0.29, 0.717) is 54.6 Å². The van der Waals surface area contributed by atoms with Gasteiger partial charge in [0.25, 0.3) is 0 Å². The van der Waals surface area contributed by atoms with Gasteiger partial charge in [-0.15, -0.1) is 0 Å². The molecule has 2 aliphatic rings. The van der Waals surface area contributed by atoms with Crippen LogP contribution < -0.4 is 4.90 Å². The minimum absolute atomic E-state index is 0.0174. The summed E-state index contributed by atoms with van der Waals surface area (Å²) in [6.07, 6.45) is 0.223. The molecule has 2 N–H and O–H groups in total. The van der Waals surface area contributed by atoms with Gasteiger partial charge in [0.05, 0.1) is 10.7 Å². The van der Waals surface area contributed by atoms with Gasteiger partial charge in [0.15, 0.2) is 5.82 Å². The molecule has 4 aromatic rings. The summed E-state index contributed by atoms with van der Waals surface area (Å²) in [5.74, 6) is -0.141. The number of benzene rings is 3. The molecule has 2 saturated heterocycles. The Morgan fingerprint density at radius 2 is 1.79 bits per heavy atom. The average molecular weight is 550 g/mol. The molecule has 1 aromatic heterocycles. The lowest BCUT2D eigenvalue weighted by atomic mass is 9.89. The van der Waals surface area contributed by atoms with E-state index in [2.05, 4.69) is 4.90 Å². The molecule has 8 nitrogen and oxygen atoms in total. The summed E-state index contributed by atoms with van der Waals surface area (Å²) in [7, 11) is 4.05. The van der Waals surface area contributed by atoms with Crippen molar-refractivity contribution in [3.05, 3.63) is 59.0 Å². The molecule has 0 spiro atoms. The number of fused-ring (bicyclic) bond motifs is 2. The van der Waals surface area contributed by atoms with E-state index in [1.54, 1.807) is 12.1 Å². The van der Waals surface area contributed by atoms with Crippen LogP contribution in [0.2, 0.25) is 5.02 Å². The van der Waals surface area contributed by atoms with Crippen LogP contribution in [-0.4, -0.2) is 82.4 Å². The van der Waals surface area contributed by atoms with Crippen LogP contribution in [0.25, 0.3) is 32.8 Å². The highest BCUT2D eigenvalue weighted by Gasteiger charge is 2.33. The van der Waals surface area contributed by atoms with Gasteiger partial charge < -0.3 is 24.9 Å². The molecule has 0 saturated carbocycles. The fourth-order valence-electron chi connectivity index (χ4n) is 5.70. The highest BCUT2D eigenvalue weighted by Crippen LogP contribution is 2.43. The van der Waals surface area contributed by atoms with Crippen LogP contribution in [0.15, 0.2) is 42.5 Å². The maximum absolute atomic E-state index is 16.6. The van der Waals surface area contributed by atoms with E-state index in [1.165, 1.54) is 11.0 Å². The average Bonchev–Trinajstić information content (AvgIpc) is 2.87. The zero-order valence-electron chi connectivity index (χ0n) is 21.7. The summed E-state index contributed by atoms with van der Waals surface area (Å²) < 4.78 is 16.6. The van der Waals surface area contributed by atoms with Crippen molar-refractivity contribution in [1.29, 1.82) is 0 Å². The highest BCUT2D eigenvalue weighted by atomic mass is 35.5. The molecule has 2 fully saturated rings. The summed E-state index contributed by atoms with van der Waals surface area (Å²) >= 11 is 6.79. The van der Waals surface area contributed by atoms with Gasteiger partial charge in [0.2, 0.25) is 5.95 Å². The Kier molecular flexibility index (Phi) is 6.43. The maximum atomic E-state index is 16.6. The molecule has 0 bridgehead atoms. The number of phenols is 1. The fourth-order valence-corrected chi connectivity index (χ4v) is 5.99. The lowest BCUT2D eigenvalue weighted by molar-refractivity contribution is 0.132. The van der Waals surface area contributed by atoms with Crippen LogP contribution in [0.4, 0.5) is 15.1 Å². The summed E-state index contributed by atoms with van der Waals surface area (Å²) in [4.78, 5) is 26.7. The fraction of sp³-hybridized carbons (Fsp3) is 0.345. The molecule has 3 aromatic carbocycles. The van der Waals surface area contributed by atoms with Crippen molar-refractivity contribution in [3.63, 3.8) is 0 Å². The number of hydrogen-bond donors (Lipinski definition) is 2. The first kappa shape index (κ1) is 25.6. The Balaban J connectivity index is 1.52. The number of likely N-dealkylation sites (N-methyl/N-ethyl adjacent to an activating group) is 1. The second-order valence-corrected chi connectivity index (χ2v) is 11.0. The summed E-state index contributed by atoms with van der Waals surface area (Å²) in [6.45, 7) is 2.23. The first-order chi connectivity index (χ1) is 18.7. The van der Waals surface area contributed by atoms with Crippen molar-refractivity contribution in [1.82, 2.24) is 19.8 Å². The zero-order chi connectivity index (χ0) is 27.4. The van der Waals surface area contributed by atoms with Crippen LogP contribution in [-0.2, 0) is 0 Å². The first-order valence-electron chi connectivity index (χ1n) is 13.0. The molecule has 10 heteroatoms. The molecule has 2 aliphatic heterocycles. The van der Waals surface area contributed by atoms with E-state index < -0.39 is 11.9 Å². The normalized spacial score (nSPS) is 16.8. The number of anilines is 1. The number of phenolic OH excluding ortho intramolecular Hbond substituents is 1. The van der Waals surface area contributed by atoms with Crippen molar-refractivity contribution < 1.29 is 19.4 Å². The zero-order valence-corrected chi connectivity index (χ0v) is 22.5. The van der Waals surface area contributed by atoms with Gasteiger partial charge in [-0.2, -0.15) is 0 Å². The molecule has 3 heterocycles. The topological polar surface area (TPSA) is 93.0 Å². The molecular weight excluding hydrogens is 521 g/mol. The number of aromatic hydroxyl groups is 1. The van der Waals surface area contributed by atoms with Crippen LogP contribution in [0.1, 0.15) is 24.5 Å². The third-order valence-electron chi connectivity index (χ3n) is 8.04. The van der Waals surface area contributed by atoms with E-state index in [1.807, 2.05) is 43.3 Å². The molecule has 202 valence electrons. The van der Waals surface area contributed by atoms with Gasteiger partial charge in [-0.05, 0) is 61.5 Å². The minimum atomic E-state index is -0.936. The van der Waals surface area contributed by atoms with Crippen LogP contribution in [0, 0.1) is 5.82 Å². The number of nitrogens with zero attached hydrogens (tertiary/aromatic N) is 5. The van der Waals surface area contributed by atoms with E-state index in [-0.39, 0.29) is 27.8 Å². The lowest BCUT2D eigenvalue weighted by Crippen LogP contribution is -2.58. The van der Waals surface area contributed by atoms with Crippen LogP contribution in [0.5, 0.6) is 5.75 Å². The Morgan fingerprint density at radius 3 is 2.49 bits per heavy atom. The van der Waals surface area contributed by atoms with E-state index in [4.69, 9.17) is 21.6 Å². The van der Waals surface area contributed by atoms with Gasteiger partial charge in [0, 0.05) is 49.1 Å². The van der Waals surface area contributed by atoms with E-state index in [0.717, 1.165) is 23.9 Å². The number of carbonyl (C=O) groups is 1. The monoisotopic (exact) mass is 549 g/mol. The third kappa shape index (κ3) is 4.49. The number of piperidine rings is 1. The van der Waals surface area contributed by atoms with E-state index >= 15 is 4.39 Å². The van der Waals surface area contributed by atoms with Gasteiger partial charge in [-0.3, -0.25) is 0 Å². The number of carboxylic acid groups (broad SMARTS) is 1. The minimum Gasteiger partial charge on any atom is -0.508 e. The summed E-state index contributed by atoms with van der Waals surface area (Å²) in [5, 5.41) is 22.1. The number of amides is 1. The number of aromatic nitrogens is 2. The van der Waals surface area contributed by atoms with Gasteiger partial charge in [-0.1, -0.05) is 35.9 Å². The van der Waals surface area contributed by atoms with Crippen LogP contribution >= 0.6 is 11.6 Å². The lowest BCUT2D eigenvalue weighted by Gasteiger charge is -2.43. The van der Waals surface area contributed by atoms with E-state index in [9.17, 15) is 15.0 Å². The Hall–Kier alpha value is -3.69. The van der Waals surface area contributed by atoms with Crippen molar-refractivity contribution in [2.24, 2.45) is 0 Å². The molecule has 0 aliphatic carbocycles. The Bertz CT molecular complexity index is 1600. The number of halogens is 2. The molecule has 0 unspecified atom stereocenters.